The van der Waals surface area contributed by atoms with Crippen LogP contribution >= 0.6 is 11.6 Å². The van der Waals surface area contributed by atoms with Gasteiger partial charge in [-0.3, -0.25) is 4.79 Å². The summed E-state index contributed by atoms with van der Waals surface area (Å²) in [7, 11) is 0. The number of nitrogens with one attached hydrogen (secondary N) is 1. The summed E-state index contributed by atoms with van der Waals surface area (Å²) >= 11 is 6.29. The monoisotopic (exact) mass is 377 g/mol. The number of para-hydroxylation sites is 2. The fraction of sp³-hybridized carbons (Fsp3) is 0.150. The van der Waals surface area contributed by atoms with Gasteiger partial charge >= 0.3 is 0 Å². The van der Waals surface area contributed by atoms with Crippen LogP contribution in [0.5, 0.6) is 0 Å². The summed E-state index contributed by atoms with van der Waals surface area (Å²) in [5.41, 5.74) is 3.27. The molecule has 6 nitrogen and oxygen atoms in total. The van der Waals surface area contributed by atoms with Crippen molar-refractivity contribution in [2.24, 2.45) is 0 Å². The fourth-order valence-electron chi connectivity index (χ4n) is 3.39. The van der Waals surface area contributed by atoms with Gasteiger partial charge in [-0.05, 0) is 36.4 Å². The molecule has 0 spiro atoms. The van der Waals surface area contributed by atoms with Crippen molar-refractivity contribution in [3.8, 4) is 5.69 Å². The molecule has 0 aliphatic carbocycles. The van der Waals surface area contributed by atoms with E-state index < -0.39 is 0 Å². The molecule has 2 aromatic heterocycles. The highest BCUT2D eigenvalue weighted by molar-refractivity contribution is 6.33. The van der Waals surface area contributed by atoms with Gasteiger partial charge in [0.25, 0.3) is 5.91 Å². The number of aromatic amines is 1. The van der Waals surface area contributed by atoms with Crippen LogP contribution in [0, 0.1) is 0 Å². The molecule has 0 radical (unpaired) electrons. The third kappa shape index (κ3) is 2.78. The molecule has 2 aromatic carbocycles. The first-order valence-electron chi connectivity index (χ1n) is 8.72. The van der Waals surface area contributed by atoms with Crippen LogP contribution in [0.2, 0.25) is 5.02 Å². The van der Waals surface area contributed by atoms with Gasteiger partial charge in [0.1, 0.15) is 5.82 Å². The van der Waals surface area contributed by atoms with Gasteiger partial charge in [0.2, 0.25) is 0 Å². The number of hydrogen-bond donors (Lipinski definition) is 1. The van der Waals surface area contributed by atoms with Gasteiger partial charge < -0.3 is 9.88 Å². The van der Waals surface area contributed by atoms with Crippen molar-refractivity contribution >= 4 is 28.5 Å². The molecule has 134 valence electrons. The van der Waals surface area contributed by atoms with Crippen molar-refractivity contribution in [1.29, 1.82) is 0 Å². The van der Waals surface area contributed by atoms with Crippen LogP contribution in [0.1, 0.15) is 22.1 Å². The highest BCUT2D eigenvalue weighted by Crippen LogP contribution is 2.30. The lowest BCUT2D eigenvalue weighted by Gasteiger charge is -2.38. The molecule has 27 heavy (non-hydrogen) atoms. The maximum atomic E-state index is 12.9. The summed E-state index contributed by atoms with van der Waals surface area (Å²) in [5.74, 6) is 1.08. The third-order valence-electron chi connectivity index (χ3n) is 4.91. The minimum Gasteiger partial charge on any atom is -0.342 e. The average molecular weight is 378 g/mol. The molecule has 0 bridgehead atoms. The van der Waals surface area contributed by atoms with Gasteiger partial charge in [0.15, 0.2) is 0 Å². The second-order valence-electron chi connectivity index (χ2n) is 6.66. The molecule has 0 saturated carbocycles. The zero-order chi connectivity index (χ0) is 18.4. The van der Waals surface area contributed by atoms with Crippen LogP contribution in [0.15, 0.2) is 60.9 Å². The lowest BCUT2D eigenvalue weighted by atomic mass is 9.98. The van der Waals surface area contributed by atoms with E-state index in [0.29, 0.717) is 23.7 Å². The molecule has 5 rings (SSSR count). The maximum absolute atomic E-state index is 12.9. The number of fused-ring (bicyclic) bond motifs is 1. The summed E-state index contributed by atoms with van der Waals surface area (Å²) in [4.78, 5) is 22.7. The summed E-state index contributed by atoms with van der Waals surface area (Å²) in [5, 5.41) is 4.65. The Bertz CT molecular complexity index is 1100. The Kier molecular flexibility index (Phi) is 3.72. The molecule has 1 amide bonds. The van der Waals surface area contributed by atoms with E-state index in [4.69, 9.17) is 11.6 Å². The Morgan fingerprint density at radius 1 is 1.15 bits per heavy atom. The molecule has 4 aromatic rings. The number of carbonyl (C=O) groups is 1. The van der Waals surface area contributed by atoms with Gasteiger partial charge in [0.05, 0.1) is 33.2 Å². The Labute approximate surface area is 160 Å². The number of halogens is 1. The molecule has 1 aliphatic heterocycles. The molecule has 3 heterocycles. The number of benzene rings is 2. The van der Waals surface area contributed by atoms with Gasteiger partial charge in [0, 0.05) is 25.5 Å². The number of amides is 1. The van der Waals surface area contributed by atoms with Crippen molar-refractivity contribution in [1.82, 2.24) is 24.6 Å². The van der Waals surface area contributed by atoms with Gasteiger partial charge in [-0.15, -0.1) is 0 Å². The number of likely N-dealkylation sites (tertiary alicyclic amines) is 1. The topological polar surface area (TPSA) is 66.8 Å². The van der Waals surface area contributed by atoms with E-state index in [-0.39, 0.29) is 11.8 Å². The number of H-pyrrole nitrogens is 1. The van der Waals surface area contributed by atoms with Crippen LogP contribution < -0.4 is 0 Å². The number of nitrogens with zero attached hydrogens (tertiary/aromatic N) is 4. The van der Waals surface area contributed by atoms with E-state index in [9.17, 15) is 4.79 Å². The van der Waals surface area contributed by atoms with Crippen molar-refractivity contribution in [3.63, 3.8) is 0 Å². The first-order valence-corrected chi connectivity index (χ1v) is 9.10. The normalized spacial score (nSPS) is 14.5. The van der Waals surface area contributed by atoms with E-state index in [1.54, 1.807) is 27.9 Å². The van der Waals surface area contributed by atoms with Crippen molar-refractivity contribution in [2.75, 3.05) is 13.1 Å². The SMILES string of the molecule is O=C(c1cc(-n2cccn2)ccc1Cl)N1CC(c2nc3ccccc3[nH]2)C1. The van der Waals surface area contributed by atoms with E-state index in [1.165, 1.54) is 0 Å². The smallest absolute Gasteiger partial charge is 0.255 e. The Hall–Kier alpha value is -3.12. The Balaban J connectivity index is 1.35. The molecule has 1 N–H and O–H groups in total. The average Bonchev–Trinajstić information content (AvgIpc) is 3.30. The summed E-state index contributed by atoms with van der Waals surface area (Å²) in [6.45, 7) is 1.25. The Morgan fingerprint density at radius 3 is 2.78 bits per heavy atom. The first kappa shape index (κ1) is 16.1. The molecular weight excluding hydrogens is 362 g/mol. The van der Waals surface area contributed by atoms with E-state index in [2.05, 4.69) is 15.1 Å². The summed E-state index contributed by atoms with van der Waals surface area (Å²) in [6, 6.07) is 15.1. The van der Waals surface area contributed by atoms with Gasteiger partial charge in [-0.25, -0.2) is 9.67 Å². The quantitative estimate of drug-likeness (QED) is 0.592. The standard InChI is InChI=1S/C20H16ClN5O/c21-16-7-6-14(26-9-3-8-22-26)10-15(16)20(27)25-11-13(12-25)19-23-17-4-1-2-5-18(17)24-19/h1-10,13H,11-12H2,(H,23,24). The molecule has 1 saturated heterocycles. The number of carbonyl (C=O) groups excluding carboxylic acids is 1. The minimum atomic E-state index is -0.0682. The van der Waals surface area contributed by atoms with Crippen LogP contribution in [0.3, 0.4) is 0 Å². The molecular formula is C20H16ClN5O. The van der Waals surface area contributed by atoms with Crippen LogP contribution in [-0.2, 0) is 0 Å². The highest BCUT2D eigenvalue weighted by atomic mass is 35.5. The van der Waals surface area contributed by atoms with Crippen LogP contribution in [0.25, 0.3) is 16.7 Å². The second kappa shape index (κ2) is 6.25. The Morgan fingerprint density at radius 2 is 2.00 bits per heavy atom. The van der Waals surface area contributed by atoms with E-state index in [1.807, 2.05) is 42.6 Å². The van der Waals surface area contributed by atoms with Crippen molar-refractivity contribution in [3.05, 3.63) is 77.3 Å². The zero-order valence-electron chi connectivity index (χ0n) is 14.3. The molecule has 7 heteroatoms. The van der Waals surface area contributed by atoms with E-state index in [0.717, 1.165) is 22.5 Å². The second-order valence-corrected chi connectivity index (χ2v) is 7.07. The van der Waals surface area contributed by atoms with Crippen LogP contribution in [-0.4, -0.2) is 43.6 Å². The third-order valence-corrected chi connectivity index (χ3v) is 5.24. The first-order chi connectivity index (χ1) is 13.2. The summed E-state index contributed by atoms with van der Waals surface area (Å²) < 4.78 is 1.71. The van der Waals surface area contributed by atoms with Crippen LogP contribution in [0.4, 0.5) is 0 Å². The molecule has 0 atom stereocenters. The highest BCUT2D eigenvalue weighted by Gasteiger charge is 2.35. The zero-order valence-corrected chi connectivity index (χ0v) is 15.1. The lowest BCUT2D eigenvalue weighted by molar-refractivity contribution is 0.0596. The van der Waals surface area contributed by atoms with Crippen molar-refractivity contribution in [2.45, 2.75) is 5.92 Å². The summed E-state index contributed by atoms with van der Waals surface area (Å²) in [6.07, 6.45) is 3.53. The number of imidazole rings is 1. The van der Waals surface area contributed by atoms with Gasteiger partial charge in [-0.1, -0.05) is 23.7 Å². The molecule has 1 aliphatic rings. The predicted molar refractivity (Wildman–Crippen MR) is 103 cm³/mol. The minimum absolute atomic E-state index is 0.0682. The fourth-order valence-corrected chi connectivity index (χ4v) is 3.59. The number of rotatable bonds is 3. The van der Waals surface area contributed by atoms with E-state index >= 15 is 0 Å². The maximum Gasteiger partial charge on any atom is 0.255 e. The predicted octanol–water partition coefficient (Wildman–Crippen LogP) is 3.64. The molecule has 1 fully saturated rings. The number of aromatic nitrogens is 4. The number of hydrogen-bond acceptors (Lipinski definition) is 3. The largest absolute Gasteiger partial charge is 0.342 e. The van der Waals surface area contributed by atoms with Gasteiger partial charge in [-0.2, -0.15) is 5.10 Å². The van der Waals surface area contributed by atoms with Crippen molar-refractivity contribution < 1.29 is 4.79 Å². The molecule has 0 unspecified atom stereocenters. The lowest BCUT2D eigenvalue weighted by Crippen LogP contribution is -2.48.